The van der Waals surface area contributed by atoms with Gasteiger partial charge in [0, 0.05) is 25.2 Å². The topological polar surface area (TPSA) is 95.4 Å². The number of nitrogens with one attached hydrogen (secondary N) is 1. The molecule has 1 aliphatic heterocycles. The Kier molecular flexibility index (Phi) is 2.61. The van der Waals surface area contributed by atoms with Crippen LogP contribution in [-0.2, 0) is 11.3 Å². The van der Waals surface area contributed by atoms with Gasteiger partial charge < -0.3 is 10.0 Å². The fraction of sp³-hybridized carbons (Fsp3) is 0.444. The Morgan fingerprint density at radius 2 is 2.12 bits per heavy atom. The molecule has 1 saturated heterocycles. The molecule has 7 heteroatoms. The predicted octanol–water partition coefficient (Wildman–Crippen LogP) is -2.26. The van der Waals surface area contributed by atoms with Gasteiger partial charge in [-0.15, -0.1) is 0 Å². The highest BCUT2D eigenvalue weighted by atomic mass is 16.3. The van der Waals surface area contributed by atoms with E-state index in [4.69, 9.17) is 5.11 Å². The molecule has 0 bridgehead atoms. The summed E-state index contributed by atoms with van der Waals surface area (Å²) in [7, 11) is 0. The quantitative estimate of drug-likeness (QED) is 0.593. The Labute approximate surface area is 89.9 Å². The maximum Gasteiger partial charge on any atom is 0.265 e. The van der Waals surface area contributed by atoms with Crippen LogP contribution in [0, 0.1) is 0 Å². The van der Waals surface area contributed by atoms with Crippen LogP contribution in [0.1, 0.15) is 0 Å². The summed E-state index contributed by atoms with van der Waals surface area (Å²) in [6.07, 6.45) is -0.476. The van der Waals surface area contributed by atoms with Gasteiger partial charge in [-0.3, -0.25) is 19.5 Å². The second kappa shape index (κ2) is 3.93. The van der Waals surface area contributed by atoms with Gasteiger partial charge in [-0.2, -0.15) is 0 Å². The smallest absolute Gasteiger partial charge is 0.265 e. The van der Waals surface area contributed by atoms with Gasteiger partial charge in [0.25, 0.3) is 11.1 Å². The van der Waals surface area contributed by atoms with Crippen molar-refractivity contribution in [3.05, 3.63) is 32.8 Å². The third kappa shape index (κ3) is 2.03. The van der Waals surface area contributed by atoms with Crippen molar-refractivity contribution < 1.29 is 9.90 Å². The van der Waals surface area contributed by atoms with Gasteiger partial charge in [0.2, 0.25) is 5.91 Å². The first kappa shape index (κ1) is 10.6. The summed E-state index contributed by atoms with van der Waals surface area (Å²) in [5.41, 5.74) is -0.870. The summed E-state index contributed by atoms with van der Waals surface area (Å²) in [6, 6.07) is 2.22. The van der Waals surface area contributed by atoms with Crippen molar-refractivity contribution in [2.75, 3.05) is 13.1 Å². The molecule has 16 heavy (non-hydrogen) atoms. The number of hydrogen-bond acceptors (Lipinski definition) is 4. The summed E-state index contributed by atoms with van der Waals surface area (Å²) in [6.45, 7) is 0.358. The average molecular weight is 225 g/mol. The van der Waals surface area contributed by atoms with E-state index in [1.165, 1.54) is 4.90 Å². The van der Waals surface area contributed by atoms with Crippen molar-refractivity contribution in [2.24, 2.45) is 0 Å². The van der Waals surface area contributed by atoms with Crippen LogP contribution in [0.25, 0.3) is 0 Å². The minimum atomic E-state index is -0.476. The van der Waals surface area contributed by atoms with E-state index in [1.54, 1.807) is 0 Å². The lowest BCUT2D eigenvalue weighted by atomic mass is 10.2. The van der Waals surface area contributed by atoms with E-state index in [0.29, 0.717) is 0 Å². The number of H-pyrrole nitrogens is 1. The number of aromatic nitrogens is 2. The van der Waals surface area contributed by atoms with E-state index in [1.807, 2.05) is 0 Å². The molecule has 0 spiro atoms. The van der Waals surface area contributed by atoms with Crippen LogP contribution >= 0.6 is 0 Å². The molecular formula is C9H11N3O4. The lowest BCUT2D eigenvalue weighted by Crippen LogP contribution is -2.55. The Morgan fingerprint density at radius 3 is 2.75 bits per heavy atom. The summed E-state index contributed by atoms with van der Waals surface area (Å²) in [5.74, 6) is -0.297. The van der Waals surface area contributed by atoms with Crippen molar-refractivity contribution in [3.8, 4) is 0 Å². The largest absolute Gasteiger partial charge is 0.389 e. The Morgan fingerprint density at radius 1 is 1.44 bits per heavy atom. The molecule has 0 unspecified atom stereocenters. The zero-order chi connectivity index (χ0) is 11.7. The number of β-amino-alcohol motifs (C(OH)–C–C–N with tert-alkyl or cyclic N) is 1. The zero-order valence-corrected chi connectivity index (χ0v) is 8.42. The van der Waals surface area contributed by atoms with Gasteiger partial charge in [-0.1, -0.05) is 0 Å². The molecule has 0 radical (unpaired) electrons. The Bertz CT molecular complexity index is 512. The molecule has 2 heterocycles. The highest BCUT2D eigenvalue weighted by Gasteiger charge is 2.28. The molecule has 1 aromatic rings. The molecule has 1 aromatic heterocycles. The number of likely N-dealkylation sites (tertiary alicyclic amines) is 1. The first-order valence-electron chi connectivity index (χ1n) is 4.82. The lowest BCUT2D eigenvalue weighted by Gasteiger charge is -2.35. The van der Waals surface area contributed by atoms with Crippen LogP contribution in [-0.4, -0.2) is 44.9 Å². The minimum absolute atomic E-state index is 0.207. The molecule has 0 aliphatic carbocycles. The number of rotatable bonds is 2. The van der Waals surface area contributed by atoms with E-state index < -0.39 is 17.2 Å². The minimum Gasteiger partial charge on any atom is -0.389 e. The molecule has 86 valence electrons. The lowest BCUT2D eigenvalue weighted by molar-refractivity contribution is -0.142. The van der Waals surface area contributed by atoms with Crippen molar-refractivity contribution in [1.82, 2.24) is 14.7 Å². The summed E-state index contributed by atoms with van der Waals surface area (Å²) in [4.78, 5) is 35.2. The summed E-state index contributed by atoms with van der Waals surface area (Å²) < 4.78 is 0.954. The maximum atomic E-state index is 11.5. The molecule has 7 nitrogen and oxygen atoms in total. The van der Waals surface area contributed by atoms with Gasteiger partial charge in [0.1, 0.15) is 6.54 Å². The maximum absolute atomic E-state index is 11.5. The van der Waals surface area contributed by atoms with Crippen LogP contribution in [0.2, 0.25) is 0 Å². The second-order valence-corrected chi connectivity index (χ2v) is 3.69. The van der Waals surface area contributed by atoms with E-state index in [0.717, 1.165) is 16.8 Å². The van der Waals surface area contributed by atoms with Crippen LogP contribution in [0.4, 0.5) is 0 Å². The number of amides is 1. The fourth-order valence-corrected chi connectivity index (χ4v) is 1.47. The van der Waals surface area contributed by atoms with E-state index in [2.05, 4.69) is 5.10 Å². The summed E-state index contributed by atoms with van der Waals surface area (Å²) in [5, 5.41) is 11.3. The molecular weight excluding hydrogens is 214 g/mol. The van der Waals surface area contributed by atoms with Gasteiger partial charge in [-0.05, 0) is 0 Å². The molecule has 2 N–H and O–H groups in total. The summed E-state index contributed by atoms with van der Waals surface area (Å²) >= 11 is 0. The molecule has 0 atom stereocenters. The number of aliphatic hydroxyl groups excluding tert-OH is 1. The molecule has 0 aromatic carbocycles. The van der Waals surface area contributed by atoms with E-state index >= 15 is 0 Å². The second-order valence-electron chi connectivity index (χ2n) is 3.69. The van der Waals surface area contributed by atoms with Crippen molar-refractivity contribution in [3.63, 3.8) is 0 Å². The third-order valence-corrected chi connectivity index (χ3v) is 2.40. The molecule has 1 fully saturated rings. The first-order valence-corrected chi connectivity index (χ1v) is 4.82. The monoisotopic (exact) mass is 225 g/mol. The highest BCUT2D eigenvalue weighted by molar-refractivity contribution is 5.76. The van der Waals surface area contributed by atoms with E-state index in [-0.39, 0.29) is 25.5 Å². The number of carbonyl (C=O) groups excluding carboxylic acids is 1. The average Bonchev–Trinajstić information content (AvgIpc) is 2.19. The number of nitrogens with zero attached hydrogens (tertiary/aromatic N) is 2. The molecule has 1 aliphatic rings. The van der Waals surface area contributed by atoms with Crippen molar-refractivity contribution in [1.29, 1.82) is 0 Å². The van der Waals surface area contributed by atoms with Crippen molar-refractivity contribution >= 4 is 5.91 Å². The number of aromatic amines is 1. The predicted molar refractivity (Wildman–Crippen MR) is 53.9 cm³/mol. The Balaban J connectivity index is 2.09. The first-order chi connectivity index (χ1) is 7.56. The van der Waals surface area contributed by atoms with Gasteiger partial charge >= 0.3 is 0 Å². The zero-order valence-electron chi connectivity index (χ0n) is 8.42. The van der Waals surface area contributed by atoms with Gasteiger partial charge in [0.15, 0.2) is 0 Å². The highest BCUT2D eigenvalue weighted by Crippen LogP contribution is 2.07. The van der Waals surface area contributed by atoms with E-state index in [9.17, 15) is 14.4 Å². The SMILES string of the molecule is O=C(Cn1[nH]c(=O)ccc1=O)N1CC(O)C1. The number of aliphatic hydroxyl groups is 1. The van der Waals surface area contributed by atoms with Gasteiger partial charge in [-0.25, -0.2) is 4.68 Å². The normalized spacial score (nSPS) is 15.9. The van der Waals surface area contributed by atoms with Crippen molar-refractivity contribution in [2.45, 2.75) is 12.6 Å². The number of hydrogen-bond donors (Lipinski definition) is 2. The number of carbonyl (C=O) groups is 1. The van der Waals surface area contributed by atoms with Crippen LogP contribution in [0.3, 0.4) is 0 Å². The molecule has 0 saturated carbocycles. The van der Waals surface area contributed by atoms with Crippen LogP contribution in [0.15, 0.2) is 21.7 Å². The molecule has 1 amide bonds. The Hall–Kier alpha value is -1.89. The third-order valence-electron chi connectivity index (χ3n) is 2.40. The molecule has 2 rings (SSSR count). The van der Waals surface area contributed by atoms with Crippen LogP contribution in [0.5, 0.6) is 0 Å². The van der Waals surface area contributed by atoms with Gasteiger partial charge in [0.05, 0.1) is 6.10 Å². The fourth-order valence-electron chi connectivity index (χ4n) is 1.47. The van der Waals surface area contributed by atoms with Crippen LogP contribution < -0.4 is 11.1 Å². The standard InChI is InChI=1S/C9H11N3O4/c13-6-3-11(4-6)9(16)5-12-8(15)2-1-7(14)10-12/h1-2,6,13H,3-5H2,(H,10,14).